The lowest BCUT2D eigenvalue weighted by Crippen LogP contribution is -2.29. The van der Waals surface area contributed by atoms with E-state index < -0.39 is 5.97 Å². The normalized spacial score (nSPS) is 12.2. The topological polar surface area (TPSA) is 55.4 Å². The first-order valence-electron chi connectivity index (χ1n) is 4.35. The second kappa shape index (κ2) is 4.79. The molecule has 4 nitrogen and oxygen atoms in total. The van der Waals surface area contributed by atoms with E-state index in [1.807, 2.05) is 20.8 Å². The van der Waals surface area contributed by atoms with Crippen molar-refractivity contribution in [2.24, 2.45) is 5.41 Å². The molecule has 0 aliphatic heterocycles. The van der Waals surface area contributed by atoms with E-state index in [0.717, 1.165) is 0 Å². The molecule has 0 aliphatic carbocycles. The van der Waals surface area contributed by atoms with Crippen molar-refractivity contribution >= 4 is 11.9 Å². The van der Waals surface area contributed by atoms with Crippen molar-refractivity contribution in [2.75, 3.05) is 7.11 Å². The van der Waals surface area contributed by atoms with Crippen molar-refractivity contribution in [2.45, 2.75) is 27.7 Å². The number of ether oxygens (including phenoxy) is 1. The number of hydrogen-bond donors (Lipinski definition) is 1. The van der Waals surface area contributed by atoms with Crippen molar-refractivity contribution in [3.8, 4) is 0 Å². The average molecular weight is 199 g/mol. The van der Waals surface area contributed by atoms with Crippen LogP contribution in [-0.4, -0.2) is 19.0 Å². The summed E-state index contributed by atoms with van der Waals surface area (Å²) in [7, 11) is 1.30. The summed E-state index contributed by atoms with van der Waals surface area (Å²) in [6.45, 7) is 7.10. The number of carbonyl (C=O) groups excluding carboxylic acids is 2. The third-order valence-corrected chi connectivity index (χ3v) is 1.58. The number of nitrogens with one attached hydrogen (secondary N) is 1. The maximum absolute atomic E-state index is 11.0. The van der Waals surface area contributed by atoms with Crippen molar-refractivity contribution in [3.05, 3.63) is 11.8 Å². The Labute approximate surface area is 84.3 Å². The molecule has 0 aromatic carbocycles. The molecule has 0 aliphatic rings. The van der Waals surface area contributed by atoms with Gasteiger partial charge in [-0.15, -0.1) is 0 Å². The molecule has 14 heavy (non-hydrogen) atoms. The van der Waals surface area contributed by atoms with E-state index in [-0.39, 0.29) is 11.3 Å². The maximum atomic E-state index is 11.0. The Morgan fingerprint density at radius 1 is 1.29 bits per heavy atom. The van der Waals surface area contributed by atoms with Gasteiger partial charge >= 0.3 is 5.97 Å². The van der Waals surface area contributed by atoms with Gasteiger partial charge in [0.15, 0.2) is 0 Å². The largest absolute Gasteiger partial charge is 0.466 e. The Balaban J connectivity index is 4.82. The quantitative estimate of drug-likeness (QED) is 0.537. The summed E-state index contributed by atoms with van der Waals surface area (Å²) in [5.41, 5.74) is 0.261. The standard InChI is InChI=1S/C10H17NO3/c1-7(12)11-8(10(2,3)4)6-9(13)14-5/h6H,1-5H3,(H,11,12)/b8-6+. The van der Waals surface area contributed by atoms with Gasteiger partial charge in [0.1, 0.15) is 0 Å². The lowest BCUT2D eigenvalue weighted by atomic mass is 9.91. The molecule has 0 fully saturated rings. The van der Waals surface area contributed by atoms with Crippen LogP contribution >= 0.6 is 0 Å². The second-order valence-corrected chi connectivity index (χ2v) is 4.01. The number of amides is 1. The minimum atomic E-state index is -0.469. The fourth-order valence-electron chi connectivity index (χ4n) is 0.807. The molecule has 0 radical (unpaired) electrons. The Hall–Kier alpha value is -1.32. The van der Waals surface area contributed by atoms with Crippen LogP contribution in [0.25, 0.3) is 0 Å². The Bertz CT molecular complexity index is 261. The van der Waals surface area contributed by atoms with Crippen LogP contribution in [0.1, 0.15) is 27.7 Å². The Morgan fingerprint density at radius 2 is 1.79 bits per heavy atom. The van der Waals surface area contributed by atoms with Crippen LogP contribution < -0.4 is 5.32 Å². The highest BCUT2D eigenvalue weighted by Crippen LogP contribution is 2.22. The monoisotopic (exact) mass is 199 g/mol. The first-order chi connectivity index (χ1) is 6.27. The number of methoxy groups -OCH3 is 1. The molecule has 1 amide bonds. The van der Waals surface area contributed by atoms with Crippen LogP contribution in [0.15, 0.2) is 11.8 Å². The first kappa shape index (κ1) is 12.7. The summed E-state index contributed by atoms with van der Waals surface area (Å²) in [4.78, 5) is 21.9. The molecule has 4 heteroatoms. The van der Waals surface area contributed by atoms with Crippen LogP contribution in [0.5, 0.6) is 0 Å². The molecule has 0 rings (SSSR count). The molecular formula is C10H17NO3. The molecule has 0 saturated heterocycles. The van der Waals surface area contributed by atoms with Crippen molar-refractivity contribution in [1.82, 2.24) is 5.32 Å². The van der Waals surface area contributed by atoms with Gasteiger partial charge in [0.2, 0.25) is 5.91 Å². The number of hydrogen-bond acceptors (Lipinski definition) is 3. The lowest BCUT2D eigenvalue weighted by Gasteiger charge is -2.22. The van der Waals surface area contributed by atoms with Crippen molar-refractivity contribution < 1.29 is 14.3 Å². The highest BCUT2D eigenvalue weighted by molar-refractivity contribution is 5.84. The Kier molecular flexibility index (Phi) is 4.34. The van der Waals surface area contributed by atoms with Gasteiger partial charge in [-0.25, -0.2) is 4.79 Å². The predicted octanol–water partition coefficient (Wildman–Crippen LogP) is 1.23. The molecule has 80 valence electrons. The summed E-state index contributed by atoms with van der Waals surface area (Å²) in [5.74, 6) is -0.668. The summed E-state index contributed by atoms with van der Waals surface area (Å²) >= 11 is 0. The van der Waals surface area contributed by atoms with Gasteiger partial charge in [-0.05, 0) is 0 Å². The minimum absolute atomic E-state index is 0.199. The number of rotatable bonds is 2. The number of allylic oxidation sites excluding steroid dienone is 1. The van der Waals surface area contributed by atoms with Crippen LogP contribution in [0.3, 0.4) is 0 Å². The van der Waals surface area contributed by atoms with Gasteiger partial charge in [0, 0.05) is 24.1 Å². The number of esters is 1. The van der Waals surface area contributed by atoms with Crippen LogP contribution in [0.4, 0.5) is 0 Å². The SMILES string of the molecule is COC(=O)/C=C(/NC(C)=O)C(C)(C)C. The predicted molar refractivity (Wildman–Crippen MR) is 53.4 cm³/mol. The molecule has 0 atom stereocenters. The molecule has 0 aromatic rings. The third-order valence-electron chi connectivity index (χ3n) is 1.58. The zero-order valence-electron chi connectivity index (χ0n) is 9.30. The Morgan fingerprint density at radius 3 is 2.07 bits per heavy atom. The molecule has 0 bridgehead atoms. The average Bonchev–Trinajstić information content (AvgIpc) is 2.00. The smallest absolute Gasteiger partial charge is 0.332 e. The molecular weight excluding hydrogens is 182 g/mol. The van der Waals surface area contributed by atoms with E-state index in [2.05, 4.69) is 10.1 Å². The highest BCUT2D eigenvalue weighted by atomic mass is 16.5. The van der Waals surface area contributed by atoms with Gasteiger partial charge in [-0.3, -0.25) is 4.79 Å². The molecule has 0 spiro atoms. The fraction of sp³-hybridized carbons (Fsp3) is 0.600. The highest BCUT2D eigenvalue weighted by Gasteiger charge is 2.19. The van der Waals surface area contributed by atoms with E-state index in [9.17, 15) is 9.59 Å². The van der Waals surface area contributed by atoms with Gasteiger partial charge in [-0.1, -0.05) is 20.8 Å². The molecule has 0 saturated carbocycles. The zero-order valence-corrected chi connectivity index (χ0v) is 9.30. The zero-order chi connectivity index (χ0) is 11.4. The fourth-order valence-corrected chi connectivity index (χ4v) is 0.807. The second-order valence-electron chi connectivity index (χ2n) is 4.01. The van der Waals surface area contributed by atoms with E-state index in [1.54, 1.807) is 0 Å². The van der Waals surface area contributed by atoms with E-state index in [4.69, 9.17) is 0 Å². The molecule has 1 N–H and O–H groups in total. The number of carbonyl (C=O) groups is 2. The summed E-state index contributed by atoms with van der Waals surface area (Å²) in [5, 5.41) is 2.61. The summed E-state index contributed by atoms with van der Waals surface area (Å²) in [6, 6.07) is 0. The van der Waals surface area contributed by atoms with E-state index in [1.165, 1.54) is 20.1 Å². The maximum Gasteiger partial charge on any atom is 0.332 e. The third kappa shape index (κ3) is 4.64. The van der Waals surface area contributed by atoms with E-state index >= 15 is 0 Å². The molecule has 0 aromatic heterocycles. The molecule has 0 heterocycles. The van der Waals surface area contributed by atoms with E-state index in [0.29, 0.717) is 5.70 Å². The van der Waals surface area contributed by atoms with Gasteiger partial charge in [0.05, 0.1) is 7.11 Å². The minimum Gasteiger partial charge on any atom is -0.466 e. The van der Waals surface area contributed by atoms with Crippen LogP contribution in [-0.2, 0) is 14.3 Å². The lowest BCUT2D eigenvalue weighted by molar-refractivity contribution is -0.134. The van der Waals surface area contributed by atoms with Gasteiger partial charge in [-0.2, -0.15) is 0 Å². The summed E-state index contributed by atoms with van der Waals surface area (Å²) in [6.07, 6.45) is 1.29. The van der Waals surface area contributed by atoms with Crippen LogP contribution in [0.2, 0.25) is 0 Å². The van der Waals surface area contributed by atoms with Gasteiger partial charge < -0.3 is 10.1 Å². The summed E-state index contributed by atoms with van der Waals surface area (Å²) < 4.78 is 4.49. The first-order valence-corrected chi connectivity index (χ1v) is 4.35. The molecule has 0 unspecified atom stereocenters. The van der Waals surface area contributed by atoms with Crippen LogP contribution in [0, 0.1) is 5.41 Å². The van der Waals surface area contributed by atoms with Crippen molar-refractivity contribution in [1.29, 1.82) is 0 Å². The van der Waals surface area contributed by atoms with Gasteiger partial charge in [0.25, 0.3) is 0 Å². The van der Waals surface area contributed by atoms with Crippen molar-refractivity contribution in [3.63, 3.8) is 0 Å².